The van der Waals surface area contributed by atoms with E-state index in [1.807, 2.05) is 6.92 Å². The van der Waals surface area contributed by atoms with E-state index in [0.29, 0.717) is 12.2 Å². The van der Waals surface area contributed by atoms with Gasteiger partial charge in [-0.2, -0.15) is 12.6 Å². The zero-order valence-electron chi connectivity index (χ0n) is 5.63. The van der Waals surface area contributed by atoms with E-state index in [0.717, 1.165) is 6.42 Å². The average molecular weight is 147 g/mol. The molecule has 0 aromatic carbocycles. The maximum atomic E-state index is 10.8. The Bertz CT molecular complexity index is 95.1. The molecule has 9 heavy (non-hydrogen) atoms. The summed E-state index contributed by atoms with van der Waals surface area (Å²) in [6.45, 7) is 1.96. The van der Waals surface area contributed by atoms with Gasteiger partial charge >= 0.3 is 0 Å². The third-order valence-corrected chi connectivity index (χ3v) is 1.50. The fraction of sp³-hybridized carbons (Fsp3) is 0.833. The lowest BCUT2D eigenvalue weighted by atomic mass is 10.1. The summed E-state index contributed by atoms with van der Waals surface area (Å²) in [5.41, 5.74) is 5.38. The molecule has 0 spiro atoms. The highest BCUT2D eigenvalue weighted by molar-refractivity contribution is 7.80. The Morgan fingerprint density at radius 1 is 1.78 bits per heavy atom. The maximum Gasteiger partial charge on any atom is 0.150 e. The molecule has 0 aliphatic rings. The number of hydrogen-bond donors (Lipinski definition) is 2. The van der Waals surface area contributed by atoms with E-state index in [2.05, 4.69) is 12.6 Å². The van der Waals surface area contributed by atoms with E-state index in [-0.39, 0.29) is 11.8 Å². The second kappa shape index (κ2) is 4.82. The van der Waals surface area contributed by atoms with Crippen molar-refractivity contribution in [1.29, 1.82) is 0 Å². The molecule has 0 aromatic rings. The Hall–Kier alpha value is -0.0200. The van der Waals surface area contributed by atoms with Crippen LogP contribution in [0.25, 0.3) is 0 Å². The second-order valence-electron chi connectivity index (χ2n) is 2.01. The molecule has 0 aromatic heterocycles. The largest absolute Gasteiger partial charge is 0.321 e. The van der Waals surface area contributed by atoms with Crippen LogP contribution in [0.15, 0.2) is 0 Å². The van der Waals surface area contributed by atoms with Gasteiger partial charge in [0.05, 0.1) is 6.04 Å². The van der Waals surface area contributed by atoms with Crippen LogP contribution in [0.5, 0.6) is 0 Å². The fourth-order valence-corrected chi connectivity index (χ4v) is 0.737. The molecular formula is C6H13NOS. The monoisotopic (exact) mass is 147 g/mol. The van der Waals surface area contributed by atoms with Gasteiger partial charge in [0, 0.05) is 12.2 Å². The minimum Gasteiger partial charge on any atom is -0.321 e. The third kappa shape index (κ3) is 3.54. The molecule has 54 valence electrons. The number of hydrogen-bond acceptors (Lipinski definition) is 3. The van der Waals surface area contributed by atoms with Crippen molar-refractivity contribution in [2.45, 2.75) is 25.8 Å². The van der Waals surface area contributed by atoms with Crippen molar-refractivity contribution in [3.05, 3.63) is 0 Å². The Labute approximate surface area is 61.2 Å². The summed E-state index contributed by atoms with van der Waals surface area (Å²) in [5.74, 6) is 0.575. The van der Waals surface area contributed by atoms with Crippen LogP contribution >= 0.6 is 12.6 Å². The maximum absolute atomic E-state index is 10.8. The van der Waals surface area contributed by atoms with Gasteiger partial charge in [-0.1, -0.05) is 6.92 Å². The number of rotatable bonds is 4. The number of thiol groups is 1. The van der Waals surface area contributed by atoms with E-state index in [1.165, 1.54) is 0 Å². The van der Waals surface area contributed by atoms with Crippen molar-refractivity contribution in [2.75, 3.05) is 5.75 Å². The van der Waals surface area contributed by atoms with Crippen molar-refractivity contribution in [1.82, 2.24) is 0 Å². The molecule has 0 fully saturated rings. The first kappa shape index (κ1) is 8.98. The van der Waals surface area contributed by atoms with Crippen LogP contribution in [0.4, 0.5) is 0 Å². The number of carbonyl (C=O) groups is 1. The first-order valence-corrected chi connectivity index (χ1v) is 3.74. The summed E-state index contributed by atoms with van der Waals surface area (Å²) in [5, 5.41) is 0. The van der Waals surface area contributed by atoms with Crippen LogP contribution in [0, 0.1) is 0 Å². The van der Waals surface area contributed by atoms with E-state index >= 15 is 0 Å². The quantitative estimate of drug-likeness (QED) is 0.572. The highest BCUT2D eigenvalue weighted by Crippen LogP contribution is 1.94. The lowest BCUT2D eigenvalue weighted by Gasteiger charge is -2.03. The Morgan fingerprint density at radius 3 is 2.67 bits per heavy atom. The summed E-state index contributed by atoms with van der Waals surface area (Å²) in [7, 11) is 0. The Morgan fingerprint density at radius 2 is 2.33 bits per heavy atom. The summed E-state index contributed by atoms with van der Waals surface area (Å²) >= 11 is 3.90. The molecule has 0 rings (SSSR count). The average Bonchev–Trinajstić information content (AvgIpc) is 1.87. The first-order chi connectivity index (χ1) is 4.22. The predicted molar refractivity (Wildman–Crippen MR) is 41.7 cm³/mol. The second-order valence-corrected chi connectivity index (χ2v) is 2.37. The van der Waals surface area contributed by atoms with Crippen molar-refractivity contribution in [2.24, 2.45) is 5.73 Å². The van der Waals surface area contributed by atoms with Crippen molar-refractivity contribution >= 4 is 18.4 Å². The minimum absolute atomic E-state index is 0.118. The number of carbonyl (C=O) groups excluding carboxylic acids is 1. The smallest absolute Gasteiger partial charge is 0.150 e. The normalized spacial score (nSPS) is 13.2. The van der Waals surface area contributed by atoms with Gasteiger partial charge in [-0.3, -0.25) is 4.79 Å². The molecule has 0 unspecified atom stereocenters. The predicted octanol–water partition coefficient (Wildman–Crippen LogP) is 0.613. The SMILES string of the molecule is CCCC(=O)[C@@H](N)CS. The fourth-order valence-electron chi connectivity index (χ4n) is 0.534. The molecule has 0 aliphatic heterocycles. The summed E-state index contributed by atoms with van der Waals surface area (Å²) in [6.07, 6.45) is 1.46. The summed E-state index contributed by atoms with van der Waals surface area (Å²) in [4.78, 5) is 10.8. The Balaban J connectivity index is 3.46. The molecule has 1 atom stereocenters. The highest BCUT2D eigenvalue weighted by Gasteiger charge is 2.08. The Kier molecular flexibility index (Phi) is 4.81. The topological polar surface area (TPSA) is 43.1 Å². The van der Waals surface area contributed by atoms with Crippen LogP contribution in [-0.2, 0) is 4.79 Å². The van der Waals surface area contributed by atoms with Crippen LogP contribution in [-0.4, -0.2) is 17.6 Å². The minimum atomic E-state index is -0.353. The van der Waals surface area contributed by atoms with E-state index in [4.69, 9.17) is 5.73 Å². The van der Waals surface area contributed by atoms with E-state index in [9.17, 15) is 4.79 Å². The lowest BCUT2D eigenvalue weighted by Crippen LogP contribution is -2.31. The molecule has 0 bridgehead atoms. The standard InChI is InChI=1S/C6H13NOS/c1-2-3-6(8)5(7)4-9/h5,9H,2-4,7H2,1H3/t5-/m0/s1. The third-order valence-electron chi connectivity index (χ3n) is 1.11. The van der Waals surface area contributed by atoms with Crippen molar-refractivity contribution in [3.8, 4) is 0 Å². The van der Waals surface area contributed by atoms with Crippen LogP contribution in [0.3, 0.4) is 0 Å². The molecule has 0 radical (unpaired) electrons. The van der Waals surface area contributed by atoms with Gasteiger partial charge in [0.25, 0.3) is 0 Å². The number of Topliss-reactive ketones (excluding diaryl/α,β-unsaturated/α-hetero) is 1. The summed E-state index contributed by atoms with van der Waals surface area (Å²) < 4.78 is 0. The molecule has 2 nitrogen and oxygen atoms in total. The van der Waals surface area contributed by atoms with Crippen molar-refractivity contribution < 1.29 is 4.79 Å². The van der Waals surface area contributed by atoms with Gasteiger partial charge < -0.3 is 5.73 Å². The van der Waals surface area contributed by atoms with Gasteiger partial charge in [-0.15, -0.1) is 0 Å². The van der Waals surface area contributed by atoms with E-state index in [1.54, 1.807) is 0 Å². The van der Waals surface area contributed by atoms with Crippen LogP contribution in [0.2, 0.25) is 0 Å². The highest BCUT2D eigenvalue weighted by atomic mass is 32.1. The zero-order chi connectivity index (χ0) is 7.28. The van der Waals surface area contributed by atoms with Crippen LogP contribution in [0.1, 0.15) is 19.8 Å². The summed E-state index contributed by atoms with van der Waals surface area (Å²) in [6, 6.07) is -0.353. The molecular weight excluding hydrogens is 134 g/mol. The van der Waals surface area contributed by atoms with E-state index < -0.39 is 0 Å². The molecule has 0 saturated carbocycles. The molecule has 0 aliphatic carbocycles. The van der Waals surface area contributed by atoms with Gasteiger partial charge in [0.1, 0.15) is 5.78 Å². The molecule has 0 heterocycles. The zero-order valence-corrected chi connectivity index (χ0v) is 6.53. The van der Waals surface area contributed by atoms with Gasteiger partial charge in [0.2, 0.25) is 0 Å². The lowest BCUT2D eigenvalue weighted by molar-refractivity contribution is -0.119. The van der Waals surface area contributed by atoms with Gasteiger partial charge in [-0.05, 0) is 6.42 Å². The van der Waals surface area contributed by atoms with Gasteiger partial charge in [-0.25, -0.2) is 0 Å². The molecule has 0 saturated heterocycles. The van der Waals surface area contributed by atoms with Crippen molar-refractivity contribution in [3.63, 3.8) is 0 Å². The number of ketones is 1. The van der Waals surface area contributed by atoms with Gasteiger partial charge in [0.15, 0.2) is 0 Å². The van der Waals surface area contributed by atoms with Crippen LogP contribution < -0.4 is 5.73 Å². The molecule has 2 N–H and O–H groups in total. The number of nitrogens with two attached hydrogens (primary N) is 1. The molecule has 0 amide bonds. The molecule has 3 heteroatoms. The first-order valence-electron chi connectivity index (χ1n) is 3.11.